The van der Waals surface area contributed by atoms with Crippen LogP contribution in [0.25, 0.3) is 0 Å². The Morgan fingerprint density at radius 1 is 0.600 bits per heavy atom. The second-order valence-corrected chi connectivity index (χ2v) is 8.13. The molecule has 0 aromatic heterocycles. The van der Waals surface area contributed by atoms with E-state index in [0.29, 0.717) is 34.2 Å². The molecule has 0 bridgehead atoms. The van der Waals surface area contributed by atoms with Gasteiger partial charge in [-0.3, -0.25) is 19.4 Å². The number of nitrogen functional groups attached to an aromatic ring is 2. The molecule has 0 heterocycles. The SMILES string of the molecule is Cc1ccc(N)cc1N(C=O)c1ccc(Oc2ccc(N(C=O)c3cc(N)ccc3C)cc2)cc1. The van der Waals surface area contributed by atoms with Crippen molar-refractivity contribution in [2.24, 2.45) is 0 Å². The monoisotopic (exact) mass is 466 g/mol. The standard InChI is InChI=1S/C28H26N4O3/c1-19-3-5-21(29)15-27(19)31(17-33)23-7-11-25(12-8-23)35-26-13-9-24(10-14-26)32(18-34)28-16-22(30)6-4-20(28)2/h3-18H,29-30H2,1-2H3. The maximum absolute atomic E-state index is 11.8. The summed E-state index contributed by atoms with van der Waals surface area (Å²) in [5.74, 6) is 1.21. The molecule has 2 amide bonds. The molecule has 176 valence electrons. The number of hydrogen-bond acceptors (Lipinski definition) is 5. The maximum Gasteiger partial charge on any atom is 0.218 e. The van der Waals surface area contributed by atoms with Crippen LogP contribution in [0.3, 0.4) is 0 Å². The number of hydrogen-bond donors (Lipinski definition) is 2. The molecule has 7 heteroatoms. The summed E-state index contributed by atoms with van der Waals surface area (Å²) in [6, 6.07) is 25.2. The lowest BCUT2D eigenvalue weighted by molar-refractivity contribution is -0.107. The fourth-order valence-electron chi connectivity index (χ4n) is 3.77. The number of carbonyl (C=O) groups excluding carboxylic acids is 2. The number of benzene rings is 4. The molecule has 7 nitrogen and oxygen atoms in total. The Kier molecular flexibility index (Phi) is 6.69. The quantitative estimate of drug-likeness (QED) is 0.251. The number of rotatable bonds is 8. The molecule has 0 spiro atoms. The highest BCUT2D eigenvalue weighted by molar-refractivity contribution is 5.89. The summed E-state index contributed by atoms with van der Waals surface area (Å²) >= 11 is 0. The van der Waals surface area contributed by atoms with Gasteiger partial charge in [0, 0.05) is 22.7 Å². The first kappa shape index (κ1) is 23.4. The summed E-state index contributed by atoms with van der Waals surface area (Å²) in [5, 5.41) is 0. The fraction of sp³-hybridized carbons (Fsp3) is 0.0714. The van der Waals surface area contributed by atoms with Crippen molar-refractivity contribution in [3.63, 3.8) is 0 Å². The molecule has 0 fully saturated rings. The average Bonchev–Trinajstić information content (AvgIpc) is 2.86. The number of carbonyl (C=O) groups is 2. The van der Waals surface area contributed by atoms with Gasteiger partial charge >= 0.3 is 0 Å². The van der Waals surface area contributed by atoms with E-state index < -0.39 is 0 Å². The Hall–Kier alpha value is -4.78. The van der Waals surface area contributed by atoms with Crippen LogP contribution in [0.15, 0.2) is 84.9 Å². The molecule has 0 saturated heterocycles. The zero-order valence-corrected chi connectivity index (χ0v) is 19.5. The molecule has 0 unspecified atom stereocenters. The van der Waals surface area contributed by atoms with Gasteiger partial charge in [0.1, 0.15) is 11.5 Å². The van der Waals surface area contributed by atoms with E-state index in [1.165, 1.54) is 9.80 Å². The summed E-state index contributed by atoms with van der Waals surface area (Å²) in [6.45, 7) is 3.85. The highest BCUT2D eigenvalue weighted by Gasteiger charge is 2.13. The Labute approximate surface area is 204 Å². The molecule has 4 N–H and O–H groups in total. The zero-order chi connectivity index (χ0) is 24.9. The first-order chi connectivity index (χ1) is 16.9. The van der Waals surface area contributed by atoms with E-state index >= 15 is 0 Å². The highest BCUT2D eigenvalue weighted by Crippen LogP contribution is 2.33. The number of ether oxygens (including phenoxy) is 1. The van der Waals surface area contributed by atoms with Crippen LogP contribution in [0.2, 0.25) is 0 Å². The van der Waals surface area contributed by atoms with Crippen LogP contribution in [0, 0.1) is 13.8 Å². The van der Waals surface area contributed by atoms with Gasteiger partial charge in [-0.15, -0.1) is 0 Å². The molecule has 35 heavy (non-hydrogen) atoms. The molecule has 4 aromatic rings. The minimum absolute atomic E-state index is 0.583. The van der Waals surface area contributed by atoms with Gasteiger partial charge in [0.2, 0.25) is 12.8 Å². The smallest absolute Gasteiger partial charge is 0.218 e. The highest BCUT2D eigenvalue weighted by atomic mass is 16.5. The second-order valence-electron chi connectivity index (χ2n) is 8.13. The molecule has 4 rings (SSSR count). The number of nitrogens with two attached hydrogens (primary N) is 2. The van der Waals surface area contributed by atoms with Crippen LogP contribution in [-0.4, -0.2) is 12.8 Å². The maximum atomic E-state index is 11.8. The lowest BCUT2D eigenvalue weighted by atomic mass is 10.1. The number of amides is 2. The average molecular weight is 467 g/mol. The molecule has 0 aliphatic carbocycles. The van der Waals surface area contributed by atoms with Crippen LogP contribution in [0.1, 0.15) is 11.1 Å². The predicted molar refractivity (Wildman–Crippen MR) is 141 cm³/mol. The zero-order valence-electron chi connectivity index (χ0n) is 19.5. The van der Waals surface area contributed by atoms with Crippen LogP contribution in [0.5, 0.6) is 11.5 Å². The summed E-state index contributed by atoms with van der Waals surface area (Å²) in [5.41, 5.74) is 17.7. The summed E-state index contributed by atoms with van der Waals surface area (Å²) in [6.07, 6.45) is 1.52. The van der Waals surface area contributed by atoms with Gasteiger partial charge < -0.3 is 16.2 Å². The van der Waals surface area contributed by atoms with Gasteiger partial charge in [0.05, 0.1) is 11.4 Å². The molecular formula is C28H26N4O3. The van der Waals surface area contributed by atoms with Crippen molar-refractivity contribution in [2.45, 2.75) is 13.8 Å². The summed E-state index contributed by atoms with van der Waals surface area (Å²) in [7, 11) is 0. The third-order valence-corrected chi connectivity index (χ3v) is 5.66. The van der Waals surface area contributed by atoms with E-state index in [1.54, 1.807) is 72.8 Å². The molecule has 0 radical (unpaired) electrons. The van der Waals surface area contributed by atoms with Crippen molar-refractivity contribution in [3.05, 3.63) is 96.1 Å². The van der Waals surface area contributed by atoms with E-state index in [0.717, 1.165) is 35.3 Å². The Bertz CT molecular complexity index is 1250. The first-order valence-electron chi connectivity index (χ1n) is 11.0. The van der Waals surface area contributed by atoms with Crippen LogP contribution in [-0.2, 0) is 9.59 Å². The lowest BCUT2D eigenvalue weighted by Crippen LogP contribution is -2.15. The molecule has 0 saturated carbocycles. The normalized spacial score (nSPS) is 10.5. The predicted octanol–water partition coefficient (Wildman–Crippen LogP) is 5.85. The summed E-state index contributed by atoms with van der Waals surface area (Å²) in [4.78, 5) is 26.7. The summed E-state index contributed by atoms with van der Waals surface area (Å²) < 4.78 is 5.96. The molecule has 0 atom stereocenters. The van der Waals surface area contributed by atoms with E-state index in [-0.39, 0.29) is 0 Å². The second kappa shape index (κ2) is 10.0. The lowest BCUT2D eigenvalue weighted by Gasteiger charge is -2.21. The Morgan fingerprint density at radius 3 is 1.31 bits per heavy atom. The van der Waals surface area contributed by atoms with E-state index in [9.17, 15) is 9.59 Å². The van der Waals surface area contributed by atoms with Gasteiger partial charge in [0.15, 0.2) is 0 Å². The van der Waals surface area contributed by atoms with Gasteiger partial charge in [-0.2, -0.15) is 0 Å². The Morgan fingerprint density at radius 2 is 0.971 bits per heavy atom. The van der Waals surface area contributed by atoms with Crippen LogP contribution in [0.4, 0.5) is 34.1 Å². The van der Waals surface area contributed by atoms with Gasteiger partial charge in [0.25, 0.3) is 0 Å². The van der Waals surface area contributed by atoms with Gasteiger partial charge in [-0.25, -0.2) is 0 Å². The fourth-order valence-corrected chi connectivity index (χ4v) is 3.77. The van der Waals surface area contributed by atoms with Crippen LogP contribution >= 0.6 is 0 Å². The van der Waals surface area contributed by atoms with Crippen molar-refractivity contribution < 1.29 is 14.3 Å². The van der Waals surface area contributed by atoms with E-state index in [4.69, 9.17) is 16.2 Å². The van der Waals surface area contributed by atoms with E-state index in [2.05, 4.69) is 0 Å². The molecule has 4 aromatic carbocycles. The number of anilines is 6. The van der Waals surface area contributed by atoms with Gasteiger partial charge in [-0.1, -0.05) is 12.1 Å². The number of nitrogens with zero attached hydrogens (tertiary/aromatic N) is 2. The van der Waals surface area contributed by atoms with Crippen molar-refractivity contribution >= 4 is 46.9 Å². The molecule has 0 aliphatic heterocycles. The first-order valence-corrected chi connectivity index (χ1v) is 11.0. The minimum atomic E-state index is 0.583. The van der Waals surface area contributed by atoms with Crippen molar-refractivity contribution in [1.82, 2.24) is 0 Å². The Balaban J connectivity index is 1.51. The van der Waals surface area contributed by atoms with Crippen LogP contribution < -0.4 is 26.0 Å². The van der Waals surface area contributed by atoms with Gasteiger partial charge in [-0.05, 0) is 97.8 Å². The van der Waals surface area contributed by atoms with Crippen molar-refractivity contribution in [1.29, 1.82) is 0 Å². The third kappa shape index (κ3) is 5.09. The third-order valence-electron chi connectivity index (χ3n) is 5.66. The minimum Gasteiger partial charge on any atom is -0.457 e. The largest absolute Gasteiger partial charge is 0.457 e. The number of aryl methyl sites for hydroxylation is 2. The molecular weight excluding hydrogens is 440 g/mol. The van der Waals surface area contributed by atoms with Crippen molar-refractivity contribution in [2.75, 3.05) is 21.3 Å². The van der Waals surface area contributed by atoms with Crippen molar-refractivity contribution in [3.8, 4) is 11.5 Å². The van der Waals surface area contributed by atoms with E-state index in [1.807, 2.05) is 26.0 Å². The topological polar surface area (TPSA) is 102 Å². The molecule has 0 aliphatic rings.